The van der Waals surface area contributed by atoms with Gasteiger partial charge in [-0.15, -0.1) is 0 Å². The zero-order valence-corrected chi connectivity index (χ0v) is 11.3. The van der Waals surface area contributed by atoms with Gasteiger partial charge in [-0.3, -0.25) is 0 Å². The summed E-state index contributed by atoms with van der Waals surface area (Å²) in [4.78, 5) is 0. The number of nitrogens with zero attached hydrogens (tertiary/aromatic N) is 4. The minimum absolute atomic E-state index is 0.844. The maximum atomic E-state index is 4.29. The molecule has 0 N–H and O–H groups in total. The molecule has 4 heteroatoms. The van der Waals surface area contributed by atoms with Crippen LogP contribution in [0.2, 0.25) is 0 Å². The summed E-state index contributed by atoms with van der Waals surface area (Å²) in [5.74, 6) is 0. The van der Waals surface area contributed by atoms with E-state index in [1.165, 1.54) is 0 Å². The van der Waals surface area contributed by atoms with Crippen LogP contribution in [-0.4, -0.2) is 7.05 Å². The molecule has 0 fully saturated rings. The number of hydrogen-bond donors (Lipinski definition) is 0. The normalized spacial score (nSPS) is 11.5. The second-order valence-corrected chi connectivity index (χ2v) is 4.26. The van der Waals surface area contributed by atoms with E-state index in [-0.39, 0.29) is 0 Å². The maximum absolute atomic E-state index is 4.29. The van der Waals surface area contributed by atoms with Crippen LogP contribution < -0.4 is 0 Å². The van der Waals surface area contributed by atoms with E-state index in [2.05, 4.69) is 20.5 Å². The molecule has 0 radical (unpaired) electrons. The third-order valence-corrected chi connectivity index (χ3v) is 2.75. The molecular weight excluding hydrogens is 236 g/mol. The molecule has 19 heavy (non-hydrogen) atoms. The molecule has 2 rings (SSSR count). The highest BCUT2D eigenvalue weighted by atomic mass is 15.1. The van der Waals surface area contributed by atoms with Crippen molar-refractivity contribution in [3.63, 3.8) is 0 Å². The van der Waals surface area contributed by atoms with Crippen LogP contribution in [0.4, 0.5) is 17.1 Å². The van der Waals surface area contributed by atoms with E-state index in [1.807, 2.05) is 56.3 Å². The number of aryl methyl sites for hydroxylation is 2. The van der Waals surface area contributed by atoms with Gasteiger partial charge in [0.2, 0.25) is 0 Å². The summed E-state index contributed by atoms with van der Waals surface area (Å²) in [6.45, 7) is 3.98. The van der Waals surface area contributed by atoms with Crippen LogP contribution in [0, 0.1) is 13.8 Å². The van der Waals surface area contributed by atoms with Crippen molar-refractivity contribution in [3.05, 3.63) is 53.6 Å². The van der Waals surface area contributed by atoms with Gasteiger partial charge < -0.3 is 0 Å². The standard InChI is InChI=1S/C15H16N4/c1-11-10-15(12(2)9-14(11)18-16-3)19-17-13-7-5-4-6-8-13/h4-10H,1-3H3. The molecule has 0 unspecified atom stereocenters. The van der Waals surface area contributed by atoms with Crippen LogP contribution in [0.3, 0.4) is 0 Å². The predicted molar refractivity (Wildman–Crippen MR) is 77.0 cm³/mol. The molecule has 0 saturated carbocycles. The lowest BCUT2D eigenvalue weighted by molar-refractivity contribution is 1.14. The fraction of sp³-hybridized carbons (Fsp3) is 0.200. The molecule has 0 aliphatic carbocycles. The third kappa shape index (κ3) is 3.31. The summed E-state index contributed by atoms with van der Waals surface area (Å²) in [6, 6.07) is 13.6. The van der Waals surface area contributed by atoms with Crippen molar-refractivity contribution in [2.75, 3.05) is 7.05 Å². The monoisotopic (exact) mass is 252 g/mol. The smallest absolute Gasteiger partial charge is 0.0890 e. The first-order chi connectivity index (χ1) is 9.20. The van der Waals surface area contributed by atoms with E-state index in [0.717, 1.165) is 28.2 Å². The largest absolute Gasteiger partial charge is 0.192 e. The highest BCUT2D eigenvalue weighted by Crippen LogP contribution is 2.29. The van der Waals surface area contributed by atoms with Gasteiger partial charge in [-0.1, -0.05) is 18.2 Å². The van der Waals surface area contributed by atoms with Crippen LogP contribution in [0.5, 0.6) is 0 Å². The van der Waals surface area contributed by atoms with Crippen LogP contribution >= 0.6 is 0 Å². The highest BCUT2D eigenvalue weighted by Gasteiger charge is 2.03. The van der Waals surface area contributed by atoms with Gasteiger partial charge in [0.25, 0.3) is 0 Å². The van der Waals surface area contributed by atoms with Crippen molar-refractivity contribution in [1.82, 2.24) is 0 Å². The van der Waals surface area contributed by atoms with Crippen LogP contribution in [0.25, 0.3) is 0 Å². The van der Waals surface area contributed by atoms with Crippen LogP contribution in [-0.2, 0) is 0 Å². The van der Waals surface area contributed by atoms with Crippen molar-refractivity contribution >= 4 is 17.1 Å². The zero-order chi connectivity index (χ0) is 13.7. The van der Waals surface area contributed by atoms with E-state index < -0.39 is 0 Å². The third-order valence-electron chi connectivity index (χ3n) is 2.75. The average Bonchev–Trinajstić information content (AvgIpc) is 2.42. The Kier molecular flexibility index (Phi) is 4.13. The summed E-state index contributed by atoms with van der Waals surface area (Å²) < 4.78 is 0. The minimum atomic E-state index is 0.844. The van der Waals surface area contributed by atoms with Crippen molar-refractivity contribution in [1.29, 1.82) is 0 Å². The molecule has 4 nitrogen and oxygen atoms in total. The Bertz CT molecular complexity index is 616. The fourth-order valence-corrected chi connectivity index (χ4v) is 1.72. The molecule has 0 bridgehead atoms. The first-order valence-electron chi connectivity index (χ1n) is 6.08. The van der Waals surface area contributed by atoms with Gasteiger partial charge in [-0.05, 0) is 49.2 Å². The summed E-state index contributed by atoms with van der Waals surface area (Å²) in [6.07, 6.45) is 0. The fourth-order valence-electron chi connectivity index (χ4n) is 1.72. The SMILES string of the molecule is CN=Nc1cc(C)c(N=Nc2ccccc2)cc1C. The number of rotatable bonds is 3. The van der Waals surface area contributed by atoms with Gasteiger partial charge in [0, 0.05) is 7.05 Å². The Morgan fingerprint density at radius 2 is 1.32 bits per heavy atom. The summed E-state index contributed by atoms with van der Waals surface area (Å²) in [5.41, 5.74) is 4.65. The molecule has 2 aromatic carbocycles. The molecule has 0 amide bonds. The van der Waals surface area contributed by atoms with Gasteiger partial charge in [-0.2, -0.15) is 20.5 Å². The summed E-state index contributed by atoms with van der Waals surface area (Å²) in [5, 5.41) is 16.4. The molecule has 0 heterocycles. The lowest BCUT2D eigenvalue weighted by Crippen LogP contribution is -1.79. The van der Waals surface area contributed by atoms with Crippen LogP contribution in [0.15, 0.2) is 62.9 Å². The minimum Gasteiger partial charge on any atom is -0.192 e. The van der Waals surface area contributed by atoms with Crippen LogP contribution in [0.1, 0.15) is 11.1 Å². The Morgan fingerprint density at radius 3 is 1.89 bits per heavy atom. The lowest BCUT2D eigenvalue weighted by Gasteiger charge is -2.04. The first-order valence-corrected chi connectivity index (χ1v) is 6.08. The second kappa shape index (κ2) is 6.00. The zero-order valence-electron chi connectivity index (χ0n) is 11.3. The Balaban J connectivity index is 2.31. The van der Waals surface area contributed by atoms with Gasteiger partial charge in [-0.25, -0.2) is 0 Å². The molecule has 0 aliphatic rings. The van der Waals surface area contributed by atoms with E-state index in [9.17, 15) is 0 Å². The number of benzene rings is 2. The van der Waals surface area contributed by atoms with Crippen molar-refractivity contribution in [3.8, 4) is 0 Å². The van der Waals surface area contributed by atoms with Gasteiger partial charge in [0.15, 0.2) is 0 Å². The highest BCUT2D eigenvalue weighted by molar-refractivity contribution is 5.58. The van der Waals surface area contributed by atoms with E-state index >= 15 is 0 Å². The molecule has 0 saturated heterocycles. The Hall–Kier alpha value is -2.36. The van der Waals surface area contributed by atoms with E-state index in [0.29, 0.717) is 0 Å². The van der Waals surface area contributed by atoms with E-state index in [1.54, 1.807) is 7.05 Å². The predicted octanol–water partition coefficient (Wildman–Crippen LogP) is 5.43. The molecular formula is C15H16N4. The van der Waals surface area contributed by atoms with Gasteiger partial charge in [0.1, 0.15) is 0 Å². The van der Waals surface area contributed by atoms with Crippen molar-refractivity contribution < 1.29 is 0 Å². The quantitative estimate of drug-likeness (QED) is 0.654. The van der Waals surface area contributed by atoms with Crippen molar-refractivity contribution in [2.24, 2.45) is 20.5 Å². The number of azo groups is 2. The Morgan fingerprint density at radius 1 is 0.737 bits per heavy atom. The second-order valence-electron chi connectivity index (χ2n) is 4.26. The maximum Gasteiger partial charge on any atom is 0.0890 e. The number of hydrogen-bond acceptors (Lipinski definition) is 4. The molecule has 2 aromatic rings. The average molecular weight is 252 g/mol. The van der Waals surface area contributed by atoms with Gasteiger partial charge >= 0.3 is 0 Å². The summed E-state index contributed by atoms with van der Waals surface area (Å²) in [7, 11) is 1.66. The molecule has 0 aromatic heterocycles. The van der Waals surface area contributed by atoms with Crippen molar-refractivity contribution in [2.45, 2.75) is 13.8 Å². The Labute approximate surface area is 112 Å². The molecule has 96 valence electrons. The van der Waals surface area contributed by atoms with E-state index in [4.69, 9.17) is 0 Å². The van der Waals surface area contributed by atoms with Gasteiger partial charge in [0.05, 0.1) is 17.1 Å². The molecule has 0 spiro atoms. The molecule has 0 aliphatic heterocycles. The lowest BCUT2D eigenvalue weighted by atomic mass is 10.1. The molecule has 0 atom stereocenters. The topological polar surface area (TPSA) is 49.4 Å². The first kappa shape index (κ1) is 13.1. The summed E-state index contributed by atoms with van der Waals surface area (Å²) >= 11 is 0.